The summed E-state index contributed by atoms with van der Waals surface area (Å²) >= 11 is 0. The van der Waals surface area contributed by atoms with Crippen LogP contribution >= 0.6 is 0 Å². The Morgan fingerprint density at radius 3 is 2.35 bits per heavy atom. The number of ether oxygens (including phenoxy) is 1. The van der Waals surface area contributed by atoms with Gasteiger partial charge in [-0.3, -0.25) is 4.79 Å². The fraction of sp³-hybridized carbons (Fsp3) is 0.562. The third-order valence-electron chi connectivity index (χ3n) is 3.74. The van der Waals surface area contributed by atoms with Crippen molar-refractivity contribution in [3.05, 3.63) is 35.4 Å². The molecule has 7 heteroatoms. The van der Waals surface area contributed by atoms with Gasteiger partial charge in [-0.2, -0.15) is 4.31 Å². The predicted molar refractivity (Wildman–Crippen MR) is 88.9 cm³/mol. The van der Waals surface area contributed by atoms with E-state index in [0.717, 1.165) is 5.56 Å². The summed E-state index contributed by atoms with van der Waals surface area (Å²) in [6.45, 7) is 6.47. The highest BCUT2D eigenvalue weighted by molar-refractivity contribution is 7.89. The number of hydrogen-bond acceptors (Lipinski definition) is 4. The van der Waals surface area contributed by atoms with Crippen LogP contribution in [0.1, 0.15) is 29.8 Å². The molecule has 0 saturated carbocycles. The Morgan fingerprint density at radius 1 is 1.22 bits per heavy atom. The summed E-state index contributed by atoms with van der Waals surface area (Å²) in [6, 6.07) is 7.15. The fourth-order valence-electron chi connectivity index (χ4n) is 2.59. The molecule has 1 aliphatic rings. The van der Waals surface area contributed by atoms with E-state index in [1.807, 2.05) is 32.9 Å². The first-order valence-electron chi connectivity index (χ1n) is 7.76. The molecule has 0 unspecified atom stereocenters. The van der Waals surface area contributed by atoms with Crippen LogP contribution in [-0.4, -0.2) is 56.2 Å². The number of sulfonamides is 1. The standard InChI is InChI=1S/C16H24N2O4S/c1-12-4-6-15(7-5-12)16(19)17-8-9-23(20,21)18-10-13(2)22-14(3)11-18/h4-7,13-14H,8-11H2,1-3H3,(H,17,19)/t13-,14-/m1/s1. The first kappa shape index (κ1) is 17.9. The Labute approximate surface area is 137 Å². The molecule has 6 nitrogen and oxygen atoms in total. The van der Waals surface area contributed by atoms with Crippen LogP contribution in [0, 0.1) is 6.92 Å². The van der Waals surface area contributed by atoms with Crippen molar-refractivity contribution in [3.8, 4) is 0 Å². The summed E-state index contributed by atoms with van der Waals surface area (Å²) < 4.78 is 31.7. The lowest BCUT2D eigenvalue weighted by Crippen LogP contribution is -2.49. The van der Waals surface area contributed by atoms with Crippen LogP contribution in [-0.2, 0) is 14.8 Å². The minimum Gasteiger partial charge on any atom is -0.373 e. The van der Waals surface area contributed by atoms with E-state index in [-0.39, 0.29) is 30.4 Å². The monoisotopic (exact) mass is 340 g/mol. The number of aryl methyl sites for hydroxylation is 1. The Morgan fingerprint density at radius 2 is 1.78 bits per heavy atom. The summed E-state index contributed by atoms with van der Waals surface area (Å²) in [5, 5.41) is 2.66. The molecule has 1 aromatic carbocycles. The molecule has 0 bridgehead atoms. The normalized spacial score (nSPS) is 22.7. The van der Waals surface area contributed by atoms with Crippen LogP contribution in [0.3, 0.4) is 0 Å². The molecule has 1 amide bonds. The SMILES string of the molecule is Cc1ccc(C(=O)NCCS(=O)(=O)N2C[C@@H](C)O[C@H](C)C2)cc1. The Balaban J connectivity index is 1.87. The number of rotatable bonds is 5. The van der Waals surface area contributed by atoms with Crippen LogP contribution < -0.4 is 5.32 Å². The minimum atomic E-state index is -3.40. The minimum absolute atomic E-state index is 0.0924. The summed E-state index contributed by atoms with van der Waals surface area (Å²) in [5.41, 5.74) is 1.60. The second-order valence-corrected chi connectivity index (χ2v) is 8.10. The van der Waals surface area contributed by atoms with Crippen molar-refractivity contribution in [2.45, 2.75) is 33.0 Å². The highest BCUT2D eigenvalue weighted by Gasteiger charge is 2.30. The molecule has 2 rings (SSSR count). The molecule has 0 spiro atoms. The topological polar surface area (TPSA) is 75.7 Å². The number of hydrogen-bond donors (Lipinski definition) is 1. The molecule has 128 valence electrons. The van der Waals surface area contributed by atoms with Crippen LogP contribution in [0.15, 0.2) is 24.3 Å². The van der Waals surface area contributed by atoms with E-state index in [2.05, 4.69) is 5.32 Å². The fourth-order valence-corrected chi connectivity index (χ4v) is 4.08. The van der Waals surface area contributed by atoms with Gasteiger partial charge in [-0.25, -0.2) is 8.42 Å². The Bertz CT molecular complexity index is 633. The van der Waals surface area contributed by atoms with Crippen molar-refractivity contribution in [1.82, 2.24) is 9.62 Å². The predicted octanol–water partition coefficient (Wildman–Crippen LogP) is 1.16. The number of nitrogens with one attached hydrogen (secondary N) is 1. The lowest BCUT2D eigenvalue weighted by atomic mass is 10.1. The molecular weight excluding hydrogens is 316 g/mol. The van der Waals surface area contributed by atoms with Gasteiger partial charge < -0.3 is 10.1 Å². The molecule has 1 fully saturated rings. The quantitative estimate of drug-likeness (QED) is 0.873. The summed E-state index contributed by atoms with van der Waals surface area (Å²) in [5.74, 6) is -0.367. The van der Waals surface area contributed by atoms with Gasteiger partial charge in [0.15, 0.2) is 0 Å². The van der Waals surface area contributed by atoms with E-state index in [1.165, 1.54) is 4.31 Å². The third-order valence-corrected chi connectivity index (χ3v) is 5.54. The van der Waals surface area contributed by atoms with Crippen LogP contribution in [0.25, 0.3) is 0 Å². The van der Waals surface area contributed by atoms with Crippen LogP contribution in [0.2, 0.25) is 0 Å². The third kappa shape index (κ3) is 5.02. The van der Waals surface area contributed by atoms with Gasteiger partial charge in [0.25, 0.3) is 5.91 Å². The molecule has 2 atom stereocenters. The Hall–Kier alpha value is -1.44. The van der Waals surface area contributed by atoms with Gasteiger partial charge in [0.2, 0.25) is 10.0 Å². The summed E-state index contributed by atoms with van der Waals surface area (Å²) in [4.78, 5) is 12.0. The highest BCUT2D eigenvalue weighted by atomic mass is 32.2. The molecule has 1 heterocycles. The van der Waals surface area contributed by atoms with Gasteiger partial charge in [-0.1, -0.05) is 17.7 Å². The van der Waals surface area contributed by atoms with Crippen LogP contribution in [0.4, 0.5) is 0 Å². The molecule has 0 radical (unpaired) electrons. The van der Waals surface area contributed by atoms with E-state index < -0.39 is 10.0 Å². The summed E-state index contributed by atoms with van der Waals surface area (Å²) in [7, 11) is -3.40. The number of benzene rings is 1. The average molecular weight is 340 g/mol. The van der Waals surface area contributed by atoms with Crippen molar-refractivity contribution in [1.29, 1.82) is 0 Å². The van der Waals surface area contributed by atoms with Crippen molar-refractivity contribution in [3.63, 3.8) is 0 Å². The first-order chi connectivity index (χ1) is 10.8. The lowest BCUT2D eigenvalue weighted by Gasteiger charge is -2.34. The molecular formula is C16H24N2O4S. The smallest absolute Gasteiger partial charge is 0.251 e. The zero-order valence-electron chi connectivity index (χ0n) is 13.8. The second-order valence-electron chi connectivity index (χ2n) is 6.01. The maximum Gasteiger partial charge on any atom is 0.251 e. The largest absolute Gasteiger partial charge is 0.373 e. The van der Waals surface area contributed by atoms with Gasteiger partial charge in [-0.15, -0.1) is 0 Å². The van der Waals surface area contributed by atoms with Crippen LogP contribution in [0.5, 0.6) is 0 Å². The van der Waals surface area contributed by atoms with E-state index in [4.69, 9.17) is 4.74 Å². The van der Waals surface area contributed by atoms with Crippen molar-refractivity contribution >= 4 is 15.9 Å². The van der Waals surface area contributed by atoms with E-state index >= 15 is 0 Å². The number of morpholine rings is 1. The van der Waals surface area contributed by atoms with E-state index in [1.54, 1.807) is 12.1 Å². The molecule has 23 heavy (non-hydrogen) atoms. The molecule has 0 aliphatic carbocycles. The first-order valence-corrected chi connectivity index (χ1v) is 9.37. The Kier molecular flexibility index (Phi) is 5.78. The molecule has 0 aromatic heterocycles. The molecule has 1 N–H and O–H groups in total. The second kappa shape index (κ2) is 7.42. The van der Waals surface area contributed by atoms with Crippen molar-refractivity contribution in [2.24, 2.45) is 0 Å². The maximum atomic E-state index is 12.4. The zero-order valence-corrected chi connectivity index (χ0v) is 14.6. The van der Waals surface area contributed by atoms with Crippen molar-refractivity contribution in [2.75, 3.05) is 25.4 Å². The number of nitrogens with zero attached hydrogens (tertiary/aromatic N) is 1. The van der Waals surface area contributed by atoms with E-state index in [9.17, 15) is 13.2 Å². The number of amides is 1. The van der Waals surface area contributed by atoms with Crippen molar-refractivity contribution < 1.29 is 17.9 Å². The van der Waals surface area contributed by atoms with Gasteiger partial charge in [-0.05, 0) is 32.9 Å². The van der Waals surface area contributed by atoms with Gasteiger partial charge >= 0.3 is 0 Å². The maximum absolute atomic E-state index is 12.4. The zero-order chi connectivity index (χ0) is 17.0. The van der Waals surface area contributed by atoms with Gasteiger partial charge in [0, 0.05) is 25.2 Å². The lowest BCUT2D eigenvalue weighted by molar-refractivity contribution is -0.0440. The summed E-state index contributed by atoms with van der Waals surface area (Å²) in [6.07, 6.45) is -0.230. The van der Waals surface area contributed by atoms with Gasteiger partial charge in [0.05, 0.1) is 18.0 Å². The molecule has 1 saturated heterocycles. The number of carbonyl (C=O) groups excluding carboxylic acids is 1. The average Bonchev–Trinajstić information content (AvgIpc) is 2.46. The molecule has 1 aliphatic heterocycles. The van der Waals surface area contributed by atoms with E-state index in [0.29, 0.717) is 18.7 Å². The number of carbonyl (C=O) groups is 1. The van der Waals surface area contributed by atoms with Gasteiger partial charge in [0.1, 0.15) is 0 Å². The molecule has 1 aromatic rings. The highest BCUT2D eigenvalue weighted by Crippen LogP contribution is 2.14.